The Hall–Kier alpha value is -2.84. The number of nitrogens with zero attached hydrogens (tertiary/aromatic N) is 6. The van der Waals surface area contributed by atoms with E-state index in [4.69, 9.17) is 4.98 Å². The molecule has 0 spiro atoms. The third-order valence-electron chi connectivity index (χ3n) is 5.72. The lowest BCUT2D eigenvalue weighted by Crippen LogP contribution is -2.29. The van der Waals surface area contributed by atoms with E-state index in [0.29, 0.717) is 0 Å². The Balaban J connectivity index is 1.42. The van der Waals surface area contributed by atoms with Gasteiger partial charge in [-0.05, 0) is 69.0 Å². The highest BCUT2D eigenvalue weighted by atomic mass is 32.1. The number of likely N-dealkylation sites (tertiary alicyclic amines) is 1. The van der Waals surface area contributed by atoms with Crippen LogP contribution in [-0.2, 0) is 13.0 Å². The largest absolute Gasteiger partial charge is 0.328 e. The predicted octanol–water partition coefficient (Wildman–Crippen LogP) is 4.85. The van der Waals surface area contributed by atoms with Crippen molar-refractivity contribution in [3.05, 3.63) is 53.9 Å². The molecular weight excluding hydrogens is 406 g/mol. The number of aryl methyl sites for hydroxylation is 2. The molecule has 0 bridgehead atoms. The van der Waals surface area contributed by atoms with Gasteiger partial charge in [0.05, 0.1) is 23.3 Å². The van der Waals surface area contributed by atoms with Gasteiger partial charge in [-0.1, -0.05) is 13.3 Å². The average Bonchev–Trinajstić information content (AvgIpc) is 3.41. The van der Waals surface area contributed by atoms with Gasteiger partial charge in [-0.15, -0.1) is 0 Å². The van der Waals surface area contributed by atoms with Gasteiger partial charge in [0.1, 0.15) is 5.00 Å². The molecule has 0 unspecified atom stereocenters. The molecule has 5 heterocycles. The monoisotopic (exact) mass is 433 g/mol. The fourth-order valence-corrected chi connectivity index (χ4v) is 4.80. The minimum Gasteiger partial charge on any atom is -0.328 e. The number of imidazole rings is 1. The molecule has 1 aliphatic heterocycles. The number of piperidine rings is 1. The van der Waals surface area contributed by atoms with Gasteiger partial charge in [0, 0.05) is 30.2 Å². The van der Waals surface area contributed by atoms with Crippen molar-refractivity contribution in [1.29, 1.82) is 0 Å². The summed E-state index contributed by atoms with van der Waals surface area (Å²) in [6, 6.07) is 6.30. The molecule has 160 valence electrons. The van der Waals surface area contributed by atoms with Crippen LogP contribution in [0.25, 0.3) is 16.9 Å². The molecule has 0 aromatic carbocycles. The van der Waals surface area contributed by atoms with Crippen LogP contribution < -0.4 is 5.32 Å². The summed E-state index contributed by atoms with van der Waals surface area (Å²) < 4.78 is 6.76. The third kappa shape index (κ3) is 4.31. The normalized spacial score (nSPS) is 14.9. The number of rotatable bonds is 6. The van der Waals surface area contributed by atoms with Crippen LogP contribution in [0.3, 0.4) is 0 Å². The van der Waals surface area contributed by atoms with E-state index < -0.39 is 0 Å². The highest BCUT2D eigenvalue weighted by molar-refractivity contribution is 7.10. The third-order valence-corrected chi connectivity index (χ3v) is 6.46. The molecule has 0 amide bonds. The summed E-state index contributed by atoms with van der Waals surface area (Å²) in [5.41, 5.74) is 6.07. The predicted molar refractivity (Wildman–Crippen MR) is 125 cm³/mol. The van der Waals surface area contributed by atoms with E-state index in [1.54, 1.807) is 0 Å². The van der Waals surface area contributed by atoms with Crippen molar-refractivity contribution in [1.82, 2.24) is 28.6 Å². The smallest absolute Gasteiger partial charge is 0.180 e. The van der Waals surface area contributed by atoms with Crippen LogP contribution in [0.2, 0.25) is 0 Å². The van der Waals surface area contributed by atoms with E-state index in [1.165, 1.54) is 43.9 Å². The zero-order chi connectivity index (χ0) is 21.2. The summed E-state index contributed by atoms with van der Waals surface area (Å²) in [5, 5.41) is 4.46. The second-order valence-corrected chi connectivity index (χ2v) is 8.91. The number of fused-ring (bicyclic) bond motifs is 1. The van der Waals surface area contributed by atoms with Crippen LogP contribution in [0.1, 0.15) is 43.3 Å². The molecular formula is C23H27N7S. The first-order valence-electron chi connectivity index (χ1n) is 10.9. The fourth-order valence-electron chi connectivity index (χ4n) is 4.15. The quantitative estimate of drug-likeness (QED) is 0.469. The molecule has 1 N–H and O–H groups in total. The van der Waals surface area contributed by atoms with Crippen LogP contribution >= 0.6 is 11.5 Å². The number of pyridine rings is 1. The van der Waals surface area contributed by atoms with Crippen LogP contribution in [0, 0.1) is 6.92 Å². The first-order chi connectivity index (χ1) is 15.2. The maximum atomic E-state index is 4.72. The second-order valence-electron chi connectivity index (χ2n) is 8.10. The standard InChI is InChI=1S/C23H27N7S/c1-3-18-11-17(7-8-24-18)20-13-25-23-22(26-16(2)14-30(20)23)27-21-12-19(28-31-21)15-29-9-5-4-6-10-29/h7-8,11-14H,3-6,9-10,15H2,1-2H3,(H,26,27). The molecule has 5 rings (SSSR count). The van der Waals surface area contributed by atoms with Crippen molar-refractivity contribution < 1.29 is 0 Å². The van der Waals surface area contributed by atoms with Gasteiger partial charge in [0.25, 0.3) is 0 Å². The number of hydrogen-bond donors (Lipinski definition) is 1. The number of anilines is 2. The van der Waals surface area contributed by atoms with Crippen LogP contribution in [0.5, 0.6) is 0 Å². The van der Waals surface area contributed by atoms with Crippen molar-refractivity contribution in [2.45, 2.75) is 46.1 Å². The van der Waals surface area contributed by atoms with Crippen LogP contribution in [0.15, 0.2) is 36.8 Å². The van der Waals surface area contributed by atoms with E-state index in [-0.39, 0.29) is 0 Å². The summed E-state index contributed by atoms with van der Waals surface area (Å²) in [7, 11) is 0. The highest BCUT2D eigenvalue weighted by Crippen LogP contribution is 2.28. The Morgan fingerprint density at radius 1 is 1.10 bits per heavy atom. The van der Waals surface area contributed by atoms with Crippen molar-refractivity contribution in [2.24, 2.45) is 0 Å². The highest BCUT2D eigenvalue weighted by Gasteiger charge is 2.15. The lowest BCUT2D eigenvalue weighted by molar-refractivity contribution is 0.219. The molecule has 8 heteroatoms. The summed E-state index contributed by atoms with van der Waals surface area (Å²) in [5.74, 6) is 0.754. The fraction of sp³-hybridized carbons (Fsp3) is 0.391. The van der Waals surface area contributed by atoms with E-state index >= 15 is 0 Å². The topological polar surface area (TPSA) is 71.2 Å². The van der Waals surface area contributed by atoms with Gasteiger partial charge < -0.3 is 5.32 Å². The van der Waals surface area contributed by atoms with E-state index in [0.717, 1.165) is 57.8 Å². The minimum absolute atomic E-state index is 0.754. The molecule has 4 aromatic rings. The summed E-state index contributed by atoms with van der Waals surface area (Å²) in [6.07, 6.45) is 10.6. The maximum absolute atomic E-state index is 4.72. The van der Waals surface area contributed by atoms with Gasteiger partial charge in [-0.2, -0.15) is 4.37 Å². The molecule has 0 aliphatic carbocycles. The Morgan fingerprint density at radius 2 is 1.97 bits per heavy atom. The lowest BCUT2D eigenvalue weighted by Gasteiger charge is -2.25. The Kier molecular flexibility index (Phi) is 5.65. The van der Waals surface area contributed by atoms with Gasteiger partial charge in [-0.25, -0.2) is 9.97 Å². The van der Waals surface area contributed by atoms with E-state index in [2.05, 4.69) is 48.0 Å². The zero-order valence-electron chi connectivity index (χ0n) is 18.0. The molecule has 31 heavy (non-hydrogen) atoms. The Labute approximate surface area is 186 Å². The maximum Gasteiger partial charge on any atom is 0.180 e. The molecule has 1 fully saturated rings. The molecule has 1 saturated heterocycles. The van der Waals surface area contributed by atoms with Crippen molar-refractivity contribution in [3.8, 4) is 11.3 Å². The molecule has 7 nitrogen and oxygen atoms in total. The van der Waals surface area contributed by atoms with Gasteiger partial charge in [0.2, 0.25) is 0 Å². The average molecular weight is 434 g/mol. The van der Waals surface area contributed by atoms with E-state index in [9.17, 15) is 0 Å². The Bertz CT molecular complexity index is 1190. The molecule has 0 saturated carbocycles. The SMILES string of the molecule is CCc1cc(-c2cnc3c(Nc4cc(CN5CCCCC5)ns4)nc(C)cn23)ccn1. The summed E-state index contributed by atoms with van der Waals surface area (Å²) in [4.78, 5) is 16.3. The minimum atomic E-state index is 0.754. The first kappa shape index (κ1) is 20.1. The van der Waals surface area contributed by atoms with Crippen molar-refractivity contribution in [3.63, 3.8) is 0 Å². The molecule has 0 radical (unpaired) electrons. The van der Waals surface area contributed by atoms with Crippen molar-refractivity contribution >= 4 is 28.0 Å². The lowest BCUT2D eigenvalue weighted by atomic mass is 10.1. The Morgan fingerprint density at radius 3 is 2.81 bits per heavy atom. The van der Waals surface area contributed by atoms with Crippen LogP contribution in [-0.4, -0.2) is 41.7 Å². The van der Waals surface area contributed by atoms with Gasteiger partial charge in [-0.3, -0.25) is 14.3 Å². The van der Waals surface area contributed by atoms with Gasteiger partial charge >= 0.3 is 0 Å². The summed E-state index contributed by atoms with van der Waals surface area (Å²) >= 11 is 1.48. The molecule has 0 atom stereocenters. The van der Waals surface area contributed by atoms with Gasteiger partial charge in [0.15, 0.2) is 11.5 Å². The number of hydrogen-bond acceptors (Lipinski definition) is 7. The molecule has 1 aliphatic rings. The number of nitrogens with one attached hydrogen (secondary N) is 1. The number of aromatic nitrogens is 5. The second kappa shape index (κ2) is 8.72. The van der Waals surface area contributed by atoms with E-state index in [1.807, 2.05) is 31.6 Å². The first-order valence-corrected chi connectivity index (χ1v) is 11.7. The molecule has 4 aromatic heterocycles. The summed E-state index contributed by atoms with van der Waals surface area (Å²) in [6.45, 7) is 7.39. The van der Waals surface area contributed by atoms with Crippen LogP contribution in [0.4, 0.5) is 10.8 Å². The van der Waals surface area contributed by atoms with Crippen molar-refractivity contribution in [2.75, 3.05) is 18.4 Å². The zero-order valence-corrected chi connectivity index (χ0v) is 18.8.